The topological polar surface area (TPSA) is 144 Å². The van der Waals surface area contributed by atoms with E-state index in [1.165, 1.54) is 11.2 Å². The Morgan fingerprint density at radius 1 is 1.11 bits per heavy atom. The third-order valence-corrected chi connectivity index (χ3v) is 7.16. The molecule has 0 spiro atoms. The van der Waals surface area contributed by atoms with Crippen molar-refractivity contribution in [2.75, 3.05) is 25.5 Å². The summed E-state index contributed by atoms with van der Waals surface area (Å²) >= 11 is 0. The van der Waals surface area contributed by atoms with E-state index in [2.05, 4.69) is 15.2 Å². The van der Waals surface area contributed by atoms with Crippen LogP contribution in [0.2, 0.25) is 0 Å². The van der Waals surface area contributed by atoms with Gasteiger partial charge in [0.25, 0.3) is 0 Å². The number of hydrogen-bond acceptors (Lipinski definition) is 7. The normalized spacial score (nSPS) is 20.9. The third kappa shape index (κ3) is 3.76. The van der Waals surface area contributed by atoms with Gasteiger partial charge in [-0.2, -0.15) is 10.2 Å². The number of hydrogen-bond donors (Lipinski definition) is 3. The van der Waals surface area contributed by atoms with Crippen LogP contribution in [0.4, 0.5) is 10.6 Å². The Morgan fingerprint density at radius 2 is 1.94 bits per heavy atom. The van der Waals surface area contributed by atoms with Gasteiger partial charge in [-0.1, -0.05) is 18.2 Å². The molecule has 0 saturated carbocycles. The zero-order chi connectivity index (χ0) is 24.8. The first kappa shape index (κ1) is 22.5. The predicted molar refractivity (Wildman–Crippen MR) is 131 cm³/mol. The molecule has 2 aliphatic rings. The lowest BCUT2D eigenvalue weighted by Gasteiger charge is -2.24. The standard InChI is InChI=1S/C25H27N7O4/c26-24-23-19(20-4-7-28-31(20)17-5-8-36-9-6-17)12-22(32(23)29-14-27-24)16-3-1-2-15(10-16)21-11-18(33)13-30(21)25(34)35/h1-4,7,10,12,14,17-18,21,33H,5-6,8-9,11,13H2,(H,34,35)(H2,26,27,29). The number of benzene rings is 1. The number of β-amino-alcohol motifs (C(OH)–C–C–N with tert-alkyl or cyclic N) is 1. The Morgan fingerprint density at radius 3 is 2.75 bits per heavy atom. The van der Waals surface area contributed by atoms with E-state index in [4.69, 9.17) is 10.5 Å². The van der Waals surface area contributed by atoms with Crippen LogP contribution in [0.1, 0.15) is 36.9 Å². The lowest BCUT2D eigenvalue weighted by Crippen LogP contribution is -2.30. The van der Waals surface area contributed by atoms with Crippen LogP contribution in [0.5, 0.6) is 0 Å². The maximum atomic E-state index is 11.8. The highest BCUT2D eigenvalue weighted by Gasteiger charge is 2.35. The number of amides is 1. The lowest BCUT2D eigenvalue weighted by molar-refractivity contribution is 0.0667. The Balaban J connectivity index is 1.47. The van der Waals surface area contributed by atoms with E-state index in [0.717, 1.165) is 40.9 Å². The Hall–Kier alpha value is -3.96. The monoisotopic (exact) mass is 489 g/mol. The quantitative estimate of drug-likeness (QED) is 0.397. The summed E-state index contributed by atoms with van der Waals surface area (Å²) in [6.45, 7) is 1.50. The minimum Gasteiger partial charge on any atom is -0.465 e. The smallest absolute Gasteiger partial charge is 0.407 e. The molecule has 2 unspecified atom stereocenters. The fourth-order valence-corrected chi connectivity index (χ4v) is 5.46. The number of nitrogens with zero attached hydrogens (tertiary/aromatic N) is 6. The second-order valence-corrected chi connectivity index (χ2v) is 9.32. The molecule has 11 nitrogen and oxygen atoms in total. The van der Waals surface area contributed by atoms with Crippen molar-refractivity contribution in [1.82, 2.24) is 29.3 Å². The molecular formula is C25H27N7O4. The van der Waals surface area contributed by atoms with Gasteiger partial charge >= 0.3 is 6.09 Å². The van der Waals surface area contributed by atoms with Gasteiger partial charge in [-0.05, 0) is 43.0 Å². The molecule has 1 aromatic carbocycles. The van der Waals surface area contributed by atoms with Crippen molar-refractivity contribution in [3.8, 4) is 22.5 Å². The first-order valence-electron chi connectivity index (χ1n) is 12.0. The van der Waals surface area contributed by atoms with Gasteiger partial charge in [0.2, 0.25) is 0 Å². The third-order valence-electron chi connectivity index (χ3n) is 7.16. The van der Waals surface area contributed by atoms with E-state index in [1.54, 1.807) is 10.7 Å². The fourth-order valence-electron chi connectivity index (χ4n) is 5.46. The number of aromatic nitrogens is 5. The van der Waals surface area contributed by atoms with Gasteiger partial charge in [0, 0.05) is 30.5 Å². The van der Waals surface area contributed by atoms with Gasteiger partial charge in [-0.3, -0.25) is 9.58 Å². The maximum absolute atomic E-state index is 11.8. The van der Waals surface area contributed by atoms with Crippen LogP contribution in [0.25, 0.3) is 28.0 Å². The summed E-state index contributed by atoms with van der Waals surface area (Å²) in [6.07, 6.45) is 3.61. The minimum atomic E-state index is -1.04. The van der Waals surface area contributed by atoms with Crippen molar-refractivity contribution >= 4 is 17.4 Å². The molecule has 2 atom stereocenters. The van der Waals surface area contributed by atoms with Crippen molar-refractivity contribution in [1.29, 1.82) is 0 Å². The second-order valence-electron chi connectivity index (χ2n) is 9.32. The molecule has 1 amide bonds. The van der Waals surface area contributed by atoms with Gasteiger partial charge < -0.3 is 20.7 Å². The number of carboxylic acid groups (broad SMARTS) is 1. The van der Waals surface area contributed by atoms with Crippen LogP contribution in [0.15, 0.2) is 48.9 Å². The van der Waals surface area contributed by atoms with E-state index in [1.807, 2.05) is 41.1 Å². The highest BCUT2D eigenvalue weighted by molar-refractivity contribution is 5.91. The molecule has 0 radical (unpaired) electrons. The molecule has 36 heavy (non-hydrogen) atoms. The number of nitrogens with two attached hydrogens (primary N) is 1. The van der Waals surface area contributed by atoms with E-state index in [-0.39, 0.29) is 12.6 Å². The van der Waals surface area contributed by atoms with Gasteiger partial charge in [0.05, 0.1) is 36.1 Å². The Labute approximate surface area is 206 Å². The average Bonchev–Trinajstić information content (AvgIpc) is 3.62. The van der Waals surface area contributed by atoms with E-state index >= 15 is 0 Å². The molecule has 6 rings (SSSR count). The van der Waals surface area contributed by atoms with E-state index < -0.39 is 18.2 Å². The molecule has 2 saturated heterocycles. The predicted octanol–water partition coefficient (Wildman–Crippen LogP) is 2.98. The first-order chi connectivity index (χ1) is 17.5. The zero-order valence-electron chi connectivity index (χ0n) is 19.6. The molecule has 186 valence electrons. The molecule has 5 heterocycles. The molecule has 0 aliphatic carbocycles. The highest BCUT2D eigenvalue weighted by atomic mass is 16.5. The number of carbonyl (C=O) groups is 1. The van der Waals surface area contributed by atoms with Gasteiger partial charge in [0.15, 0.2) is 5.82 Å². The Bertz CT molecular complexity index is 1430. The lowest BCUT2D eigenvalue weighted by atomic mass is 10.00. The molecule has 4 aromatic rings. The molecule has 3 aromatic heterocycles. The number of likely N-dealkylation sites (tertiary alicyclic amines) is 1. The van der Waals surface area contributed by atoms with Crippen molar-refractivity contribution in [2.24, 2.45) is 0 Å². The summed E-state index contributed by atoms with van der Waals surface area (Å²) in [5, 5.41) is 28.9. The highest BCUT2D eigenvalue weighted by Crippen LogP contribution is 2.38. The van der Waals surface area contributed by atoms with E-state index in [0.29, 0.717) is 31.0 Å². The summed E-state index contributed by atoms with van der Waals surface area (Å²) < 4.78 is 9.35. The number of ether oxygens (including phenoxy) is 1. The van der Waals surface area contributed by atoms with Crippen molar-refractivity contribution in [3.05, 3.63) is 54.5 Å². The molecule has 2 fully saturated rings. The average molecular weight is 490 g/mol. The van der Waals surface area contributed by atoms with Crippen LogP contribution in [0.3, 0.4) is 0 Å². The summed E-state index contributed by atoms with van der Waals surface area (Å²) in [6, 6.07) is 11.5. The zero-order valence-corrected chi connectivity index (χ0v) is 19.6. The fraction of sp³-hybridized carbons (Fsp3) is 0.360. The molecule has 0 bridgehead atoms. The van der Waals surface area contributed by atoms with Crippen LogP contribution >= 0.6 is 0 Å². The van der Waals surface area contributed by atoms with Crippen molar-refractivity contribution < 1.29 is 19.7 Å². The summed E-state index contributed by atoms with van der Waals surface area (Å²) in [5.74, 6) is 0.359. The first-order valence-corrected chi connectivity index (χ1v) is 12.0. The minimum absolute atomic E-state index is 0.0996. The summed E-state index contributed by atoms with van der Waals surface area (Å²) in [7, 11) is 0. The molecule has 4 N–H and O–H groups in total. The summed E-state index contributed by atoms with van der Waals surface area (Å²) in [4.78, 5) is 17.3. The van der Waals surface area contributed by atoms with Crippen molar-refractivity contribution in [3.63, 3.8) is 0 Å². The molecule has 11 heteroatoms. The van der Waals surface area contributed by atoms with Gasteiger partial charge in [0.1, 0.15) is 11.8 Å². The molecule has 2 aliphatic heterocycles. The van der Waals surface area contributed by atoms with Crippen LogP contribution < -0.4 is 5.73 Å². The number of nitrogen functional groups attached to an aromatic ring is 1. The number of fused-ring (bicyclic) bond motifs is 1. The number of aliphatic hydroxyl groups is 1. The SMILES string of the molecule is Nc1ncnn2c(-c3cccc(C4CC(O)CN4C(=O)O)c3)cc(-c3ccnn3C3CCOCC3)c12. The van der Waals surface area contributed by atoms with Crippen LogP contribution in [-0.2, 0) is 4.74 Å². The van der Waals surface area contributed by atoms with Gasteiger partial charge in [-0.15, -0.1) is 0 Å². The number of anilines is 1. The van der Waals surface area contributed by atoms with Crippen LogP contribution in [0, 0.1) is 0 Å². The van der Waals surface area contributed by atoms with Gasteiger partial charge in [-0.25, -0.2) is 14.3 Å². The second kappa shape index (κ2) is 8.92. The van der Waals surface area contributed by atoms with Crippen molar-refractivity contribution in [2.45, 2.75) is 37.5 Å². The number of rotatable bonds is 4. The summed E-state index contributed by atoms with van der Waals surface area (Å²) in [5.41, 5.74) is 11.3. The van der Waals surface area contributed by atoms with Crippen LogP contribution in [-0.4, -0.2) is 71.4 Å². The molecular weight excluding hydrogens is 462 g/mol. The maximum Gasteiger partial charge on any atom is 0.407 e. The number of aliphatic hydroxyl groups excluding tert-OH is 1. The Kier molecular flexibility index (Phi) is 5.57. The largest absolute Gasteiger partial charge is 0.465 e. The van der Waals surface area contributed by atoms with E-state index in [9.17, 15) is 15.0 Å².